The van der Waals surface area contributed by atoms with Gasteiger partial charge in [0.15, 0.2) is 17.5 Å². The Labute approximate surface area is 281 Å². The fraction of sp³-hybridized carbons (Fsp3) is 0. The van der Waals surface area contributed by atoms with E-state index < -0.39 is 0 Å². The van der Waals surface area contributed by atoms with E-state index in [4.69, 9.17) is 15.0 Å². The molecule has 8 rings (SSSR count). The maximum absolute atomic E-state index is 10.5. The van der Waals surface area contributed by atoms with Gasteiger partial charge in [-0.3, -0.25) is 0 Å². The van der Waals surface area contributed by atoms with E-state index in [1.54, 1.807) is 12.1 Å². The first-order valence-corrected chi connectivity index (χ1v) is 15.5. The summed E-state index contributed by atoms with van der Waals surface area (Å²) in [5, 5.41) is 31.7. The van der Waals surface area contributed by atoms with E-state index in [1.165, 1.54) is 0 Å². The quantitative estimate of drug-likeness (QED) is 0.188. The molecule has 0 aliphatic heterocycles. The standard InChI is InChI=1S/C42H23N7/c43-24-27-15-18-34(31(21-27)25-44)30-16-20-39-37(23-30)36-13-7-8-14-38(36)49(39)33-17-19-35(32(22-33)26-45)42-47-40(28-9-3-1-4-10-28)46-41(48-42)29-11-5-2-6-12-29/h1-23H. The van der Waals surface area contributed by atoms with Gasteiger partial charge in [0, 0.05) is 33.2 Å². The molecule has 0 aliphatic rings. The van der Waals surface area contributed by atoms with Crippen molar-refractivity contribution in [3.05, 3.63) is 156 Å². The summed E-state index contributed by atoms with van der Waals surface area (Å²) in [5.41, 5.74) is 8.02. The third-order valence-corrected chi connectivity index (χ3v) is 8.57. The summed E-state index contributed by atoms with van der Waals surface area (Å²) in [7, 11) is 0. The Kier molecular flexibility index (Phi) is 7.16. The lowest BCUT2D eigenvalue weighted by Gasteiger charge is -2.12. The molecule has 0 unspecified atom stereocenters. The topological polar surface area (TPSA) is 115 Å². The van der Waals surface area contributed by atoms with Crippen molar-refractivity contribution in [1.29, 1.82) is 15.8 Å². The maximum atomic E-state index is 10.5. The minimum atomic E-state index is 0.415. The zero-order valence-corrected chi connectivity index (χ0v) is 25.9. The van der Waals surface area contributed by atoms with Crippen LogP contribution in [0.1, 0.15) is 16.7 Å². The van der Waals surface area contributed by atoms with Gasteiger partial charge in [-0.1, -0.05) is 91.0 Å². The van der Waals surface area contributed by atoms with E-state index in [0.29, 0.717) is 39.7 Å². The maximum Gasteiger partial charge on any atom is 0.165 e. The van der Waals surface area contributed by atoms with Crippen LogP contribution >= 0.6 is 0 Å². The SMILES string of the molecule is N#Cc1ccc(-c2ccc3c(c2)c2ccccc2n3-c2ccc(-c3nc(-c4ccccc4)nc(-c4ccccc4)n3)c(C#N)c2)c(C#N)c1. The number of nitriles is 3. The Morgan fingerprint density at radius 1 is 0.429 bits per heavy atom. The largest absolute Gasteiger partial charge is 0.309 e. The predicted molar refractivity (Wildman–Crippen MR) is 190 cm³/mol. The van der Waals surface area contributed by atoms with Gasteiger partial charge in [-0.15, -0.1) is 0 Å². The smallest absolute Gasteiger partial charge is 0.165 e. The molecule has 0 amide bonds. The van der Waals surface area contributed by atoms with Crippen LogP contribution in [0.2, 0.25) is 0 Å². The molecule has 0 saturated carbocycles. The summed E-state index contributed by atoms with van der Waals surface area (Å²) in [6, 6.07) is 51.4. The number of rotatable bonds is 5. The minimum Gasteiger partial charge on any atom is -0.309 e. The molecule has 7 nitrogen and oxygen atoms in total. The molecule has 0 atom stereocenters. The van der Waals surface area contributed by atoms with Crippen LogP contribution in [-0.2, 0) is 0 Å². The van der Waals surface area contributed by atoms with Crippen molar-refractivity contribution in [2.45, 2.75) is 0 Å². The highest BCUT2D eigenvalue weighted by atomic mass is 15.0. The second-order valence-electron chi connectivity index (χ2n) is 11.4. The molecule has 49 heavy (non-hydrogen) atoms. The molecule has 0 fully saturated rings. The number of nitrogens with zero attached hydrogens (tertiary/aromatic N) is 7. The third kappa shape index (κ3) is 5.13. The van der Waals surface area contributed by atoms with Gasteiger partial charge in [0.1, 0.15) is 0 Å². The molecule has 0 radical (unpaired) electrons. The van der Waals surface area contributed by atoms with Crippen LogP contribution in [0, 0.1) is 34.0 Å². The number of aromatic nitrogens is 4. The molecule has 0 spiro atoms. The number of fused-ring (bicyclic) bond motifs is 3. The normalized spacial score (nSPS) is 10.8. The van der Waals surface area contributed by atoms with Crippen LogP contribution in [-0.4, -0.2) is 19.5 Å². The molecule has 2 aromatic heterocycles. The fourth-order valence-corrected chi connectivity index (χ4v) is 6.26. The third-order valence-electron chi connectivity index (χ3n) is 8.57. The number of benzene rings is 6. The average molecular weight is 626 g/mol. The molecule has 226 valence electrons. The zero-order valence-electron chi connectivity index (χ0n) is 25.9. The lowest BCUT2D eigenvalue weighted by Crippen LogP contribution is -2.02. The molecule has 6 aromatic carbocycles. The summed E-state index contributed by atoms with van der Waals surface area (Å²) < 4.78 is 2.14. The number of para-hydroxylation sites is 1. The lowest BCUT2D eigenvalue weighted by atomic mass is 9.97. The summed E-state index contributed by atoms with van der Waals surface area (Å²) in [4.78, 5) is 14.5. The highest BCUT2D eigenvalue weighted by Crippen LogP contribution is 2.37. The van der Waals surface area contributed by atoms with Crippen LogP contribution in [0.3, 0.4) is 0 Å². The first kappa shape index (κ1) is 29.0. The second kappa shape index (κ2) is 12.1. The van der Waals surface area contributed by atoms with Crippen molar-refractivity contribution in [3.8, 4) is 69.2 Å². The van der Waals surface area contributed by atoms with Crippen LogP contribution in [0.25, 0.3) is 72.8 Å². The van der Waals surface area contributed by atoms with Crippen molar-refractivity contribution in [3.63, 3.8) is 0 Å². The minimum absolute atomic E-state index is 0.415. The number of hydrogen-bond donors (Lipinski definition) is 0. The Balaban J connectivity index is 1.29. The van der Waals surface area contributed by atoms with Gasteiger partial charge in [-0.25, -0.2) is 15.0 Å². The van der Waals surface area contributed by atoms with E-state index in [2.05, 4.69) is 41.0 Å². The lowest BCUT2D eigenvalue weighted by molar-refractivity contribution is 1.07. The Hall–Kier alpha value is -7.40. The van der Waals surface area contributed by atoms with Gasteiger partial charge >= 0.3 is 0 Å². The molecule has 8 aromatic rings. The summed E-state index contributed by atoms with van der Waals surface area (Å²) in [6.07, 6.45) is 0. The first-order valence-electron chi connectivity index (χ1n) is 15.5. The van der Waals surface area contributed by atoms with E-state index in [1.807, 2.05) is 109 Å². The van der Waals surface area contributed by atoms with Crippen LogP contribution in [0.4, 0.5) is 0 Å². The molecule has 2 heterocycles. The molecule has 0 aliphatic carbocycles. The van der Waals surface area contributed by atoms with E-state index in [0.717, 1.165) is 49.7 Å². The molecular formula is C42H23N7. The van der Waals surface area contributed by atoms with E-state index >= 15 is 0 Å². The average Bonchev–Trinajstić information content (AvgIpc) is 3.51. The summed E-state index contributed by atoms with van der Waals surface area (Å²) in [6.45, 7) is 0. The molecule has 0 N–H and O–H groups in total. The predicted octanol–water partition coefficient (Wildman–Crippen LogP) is 9.25. The van der Waals surface area contributed by atoms with Gasteiger partial charge in [0.25, 0.3) is 0 Å². The zero-order chi connectivity index (χ0) is 33.3. The van der Waals surface area contributed by atoms with Gasteiger partial charge < -0.3 is 4.57 Å². The van der Waals surface area contributed by atoms with Crippen molar-refractivity contribution in [1.82, 2.24) is 19.5 Å². The molecule has 7 heteroatoms. The van der Waals surface area contributed by atoms with Crippen LogP contribution in [0.15, 0.2) is 140 Å². The van der Waals surface area contributed by atoms with Gasteiger partial charge in [0.2, 0.25) is 0 Å². The van der Waals surface area contributed by atoms with E-state index in [-0.39, 0.29) is 0 Å². The van der Waals surface area contributed by atoms with Crippen LogP contribution < -0.4 is 0 Å². The van der Waals surface area contributed by atoms with Crippen molar-refractivity contribution in [2.24, 2.45) is 0 Å². The van der Waals surface area contributed by atoms with Gasteiger partial charge in [0.05, 0.1) is 45.9 Å². The Bertz CT molecular complexity index is 2630. The highest BCUT2D eigenvalue weighted by molar-refractivity contribution is 6.10. The van der Waals surface area contributed by atoms with Crippen LogP contribution in [0.5, 0.6) is 0 Å². The fourth-order valence-electron chi connectivity index (χ4n) is 6.26. The molecule has 0 saturated heterocycles. The number of hydrogen-bond acceptors (Lipinski definition) is 6. The first-order chi connectivity index (χ1) is 24.1. The van der Waals surface area contributed by atoms with E-state index in [9.17, 15) is 15.8 Å². The second-order valence-corrected chi connectivity index (χ2v) is 11.4. The molecule has 0 bridgehead atoms. The molecular weight excluding hydrogens is 603 g/mol. The summed E-state index contributed by atoms with van der Waals surface area (Å²) in [5.74, 6) is 1.47. The Morgan fingerprint density at radius 2 is 1.02 bits per heavy atom. The van der Waals surface area contributed by atoms with Crippen molar-refractivity contribution >= 4 is 21.8 Å². The highest BCUT2D eigenvalue weighted by Gasteiger charge is 2.18. The van der Waals surface area contributed by atoms with Crippen molar-refractivity contribution < 1.29 is 0 Å². The summed E-state index contributed by atoms with van der Waals surface area (Å²) >= 11 is 0. The Morgan fingerprint density at radius 3 is 1.69 bits per heavy atom. The monoisotopic (exact) mass is 625 g/mol. The van der Waals surface area contributed by atoms with Gasteiger partial charge in [-0.2, -0.15) is 15.8 Å². The van der Waals surface area contributed by atoms with Gasteiger partial charge in [-0.05, 0) is 59.7 Å². The van der Waals surface area contributed by atoms with Crippen molar-refractivity contribution in [2.75, 3.05) is 0 Å².